The zero-order valence-corrected chi connectivity index (χ0v) is 15.5. The van der Waals surface area contributed by atoms with Crippen molar-refractivity contribution in [2.45, 2.75) is 32.2 Å². The van der Waals surface area contributed by atoms with Crippen LogP contribution in [0, 0.1) is 21.4 Å². The molecule has 9 nitrogen and oxygen atoms in total. The predicted octanol–water partition coefficient (Wildman–Crippen LogP) is 3.50. The monoisotopic (exact) mass is 397 g/mol. The first kappa shape index (κ1) is 17.9. The van der Waals surface area contributed by atoms with Crippen molar-refractivity contribution in [3.8, 4) is 6.07 Å². The average Bonchev–Trinajstić information content (AvgIpc) is 3.40. The van der Waals surface area contributed by atoms with E-state index >= 15 is 0 Å². The summed E-state index contributed by atoms with van der Waals surface area (Å²) in [6.45, 7) is 0.165. The molecule has 3 heterocycles. The van der Waals surface area contributed by atoms with Gasteiger partial charge in [0.05, 0.1) is 17.0 Å². The van der Waals surface area contributed by atoms with Gasteiger partial charge in [-0.1, -0.05) is 0 Å². The quantitative estimate of drug-likeness (QED) is 0.518. The summed E-state index contributed by atoms with van der Waals surface area (Å²) in [6, 6.07) is 5.36. The Morgan fingerprint density at radius 2 is 2.25 bits per heavy atom. The second-order valence-electron chi connectivity index (χ2n) is 6.40. The molecule has 0 radical (unpaired) electrons. The maximum Gasteiger partial charge on any atom is 0.307 e. The van der Waals surface area contributed by atoms with Gasteiger partial charge in [0.2, 0.25) is 0 Å². The third kappa shape index (κ3) is 3.39. The third-order valence-electron chi connectivity index (χ3n) is 4.54. The molecule has 0 unspecified atom stereocenters. The lowest BCUT2D eigenvalue weighted by atomic mass is 9.96. The molecule has 1 N–H and O–H groups in total. The van der Waals surface area contributed by atoms with Crippen LogP contribution in [0.4, 0.5) is 10.7 Å². The molecule has 142 valence electrons. The average molecular weight is 397 g/mol. The van der Waals surface area contributed by atoms with Gasteiger partial charge in [-0.25, -0.2) is 0 Å². The van der Waals surface area contributed by atoms with E-state index in [-0.39, 0.29) is 18.0 Å². The predicted molar refractivity (Wildman–Crippen MR) is 100 cm³/mol. The molecule has 0 fully saturated rings. The number of aryl methyl sites for hydroxylation is 1. The van der Waals surface area contributed by atoms with Gasteiger partial charge in [0, 0.05) is 4.88 Å². The van der Waals surface area contributed by atoms with Gasteiger partial charge in [-0.3, -0.25) is 19.6 Å². The number of hydrogen-bond donors (Lipinski definition) is 1. The van der Waals surface area contributed by atoms with Crippen LogP contribution in [0.25, 0.3) is 0 Å². The van der Waals surface area contributed by atoms with Crippen LogP contribution in [0.3, 0.4) is 0 Å². The zero-order valence-electron chi connectivity index (χ0n) is 14.7. The molecule has 0 spiro atoms. The molecular formula is C18H15N5O4S. The minimum atomic E-state index is -0.530. The number of aromatic nitrogens is 2. The van der Waals surface area contributed by atoms with E-state index in [4.69, 9.17) is 4.42 Å². The van der Waals surface area contributed by atoms with Gasteiger partial charge >= 0.3 is 5.69 Å². The number of amides is 1. The molecule has 3 aromatic heterocycles. The highest BCUT2D eigenvalue weighted by atomic mass is 32.1. The number of carbonyl (C=O) groups excluding carboxylic acids is 1. The molecule has 0 bridgehead atoms. The Balaban J connectivity index is 1.48. The Bertz CT molecular complexity index is 1100. The molecule has 28 heavy (non-hydrogen) atoms. The minimum absolute atomic E-state index is 0.104. The molecule has 0 atom stereocenters. The fraction of sp³-hybridized carbons (Fsp3) is 0.278. The van der Waals surface area contributed by atoms with Crippen molar-refractivity contribution in [2.24, 2.45) is 0 Å². The van der Waals surface area contributed by atoms with E-state index in [1.807, 2.05) is 0 Å². The number of carbonyl (C=O) groups is 1. The summed E-state index contributed by atoms with van der Waals surface area (Å²) < 4.78 is 6.91. The number of nitrogens with zero attached hydrogens (tertiary/aromatic N) is 4. The fourth-order valence-corrected chi connectivity index (χ4v) is 4.45. The Hall–Kier alpha value is -3.45. The topological polar surface area (TPSA) is 127 Å². The minimum Gasteiger partial charge on any atom is -0.454 e. The van der Waals surface area contributed by atoms with Crippen LogP contribution in [0.15, 0.2) is 28.9 Å². The normalized spacial score (nSPS) is 13.0. The Kier molecular flexibility index (Phi) is 4.67. The summed E-state index contributed by atoms with van der Waals surface area (Å²) in [7, 11) is 0. The van der Waals surface area contributed by atoms with Crippen molar-refractivity contribution in [1.82, 2.24) is 9.78 Å². The van der Waals surface area contributed by atoms with Crippen LogP contribution in [-0.4, -0.2) is 20.6 Å². The molecule has 0 aliphatic heterocycles. The van der Waals surface area contributed by atoms with Gasteiger partial charge in [-0.2, -0.15) is 10.4 Å². The maximum atomic E-state index is 12.5. The second kappa shape index (κ2) is 7.28. The molecule has 1 amide bonds. The first-order chi connectivity index (χ1) is 13.5. The lowest BCUT2D eigenvalue weighted by Gasteiger charge is -2.09. The highest BCUT2D eigenvalue weighted by molar-refractivity contribution is 7.16. The van der Waals surface area contributed by atoms with Gasteiger partial charge in [-0.05, 0) is 43.4 Å². The van der Waals surface area contributed by atoms with Crippen molar-refractivity contribution in [3.63, 3.8) is 0 Å². The molecule has 1 aliphatic rings. The lowest BCUT2D eigenvalue weighted by molar-refractivity contribution is -0.385. The fourth-order valence-electron chi connectivity index (χ4n) is 3.21. The Morgan fingerprint density at radius 1 is 1.43 bits per heavy atom. The molecule has 1 aliphatic carbocycles. The highest BCUT2D eigenvalue weighted by Crippen LogP contribution is 2.37. The van der Waals surface area contributed by atoms with E-state index in [0.29, 0.717) is 16.3 Å². The van der Waals surface area contributed by atoms with Crippen molar-refractivity contribution in [3.05, 3.63) is 62.2 Å². The van der Waals surface area contributed by atoms with Crippen LogP contribution in [0.5, 0.6) is 0 Å². The van der Waals surface area contributed by atoms with Gasteiger partial charge in [-0.15, -0.1) is 11.3 Å². The molecule has 4 rings (SSSR count). The van der Waals surface area contributed by atoms with Gasteiger partial charge < -0.3 is 9.73 Å². The highest BCUT2D eigenvalue weighted by Gasteiger charge is 2.23. The number of anilines is 1. The van der Waals surface area contributed by atoms with Crippen molar-refractivity contribution >= 4 is 27.9 Å². The first-order valence-electron chi connectivity index (χ1n) is 8.66. The van der Waals surface area contributed by atoms with Crippen LogP contribution >= 0.6 is 11.3 Å². The molecule has 0 saturated carbocycles. The number of fused-ring (bicyclic) bond motifs is 1. The van der Waals surface area contributed by atoms with Crippen LogP contribution in [0.2, 0.25) is 0 Å². The van der Waals surface area contributed by atoms with Crippen LogP contribution in [0.1, 0.15) is 45.2 Å². The number of rotatable bonds is 5. The van der Waals surface area contributed by atoms with Crippen molar-refractivity contribution in [2.75, 3.05) is 5.32 Å². The van der Waals surface area contributed by atoms with E-state index < -0.39 is 10.8 Å². The Morgan fingerprint density at radius 3 is 3.00 bits per heavy atom. The number of nitro groups is 1. The Labute approximate surface area is 163 Å². The number of furan rings is 1. The first-order valence-corrected chi connectivity index (χ1v) is 9.48. The summed E-state index contributed by atoms with van der Waals surface area (Å²) in [5, 5.41) is 27.4. The van der Waals surface area contributed by atoms with Crippen molar-refractivity contribution < 1.29 is 14.1 Å². The summed E-state index contributed by atoms with van der Waals surface area (Å²) >= 11 is 1.45. The van der Waals surface area contributed by atoms with Gasteiger partial charge in [0.25, 0.3) is 5.91 Å². The maximum absolute atomic E-state index is 12.5. The standard InChI is InChI=1S/C18H15N5O4S/c19-7-14-13-3-1-2-4-16(13)28-18(14)21-17(24)15-6-5-12(27-15)10-22-9-11(8-20-22)23(25)26/h5-6,8-9H,1-4,10H2,(H,21,24). The van der Waals surface area contributed by atoms with E-state index in [1.54, 1.807) is 6.07 Å². The smallest absolute Gasteiger partial charge is 0.307 e. The van der Waals surface area contributed by atoms with E-state index in [0.717, 1.165) is 37.4 Å². The number of thiophene rings is 1. The lowest BCUT2D eigenvalue weighted by Crippen LogP contribution is -2.11. The third-order valence-corrected chi connectivity index (χ3v) is 5.75. The summed E-state index contributed by atoms with van der Waals surface area (Å²) in [5.41, 5.74) is 1.48. The van der Waals surface area contributed by atoms with Gasteiger partial charge in [0.1, 0.15) is 29.2 Å². The van der Waals surface area contributed by atoms with E-state index in [1.165, 1.54) is 33.2 Å². The molecule has 10 heteroatoms. The molecule has 0 saturated heterocycles. The van der Waals surface area contributed by atoms with E-state index in [9.17, 15) is 20.2 Å². The molecule has 3 aromatic rings. The molecular weight excluding hydrogens is 382 g/mol. The summed E-state index contributed by atoms with van der Waals surface area (Å²) in [6.07, 6.45) is 6.39. The summed E-state index contributed by atoms with van der Waals surface area (Å²) in [4.78, 5) is 23.9. The molecule has 0 aromatic carbocycles. The van der Waals surface area contributed by atoms with Crippen molar-refractivity contribution in [1.29, 1.82) is 5.26 Å². The summed E-state index contributed by atoms with van der Waals surface area (Å²) in [5.74, 6) is 0.105. The van der Waals surface area contributed by atoms with Crippen LogP contribution < -0.4 is 5.32 Å². The number of nitrogens with one attached hydrogen (secondary N) is 1. The van der Waals surface area contributed by atoms with E-state index in [2.05, 4.69) is 16.5 Å². The SMILES string of the molecule is N#Cc1c(NC(=O)c2ccc(Cn3cc([N+](=O)[O-])cn3)o2)sc2c1CCCC2. The van der Waals surface area contributed by atoms with Crippen LogP contribution in [-0.2, 0) is 19.4 Å². The number of nitriles is 1. The largest absolute Gasteiger partial charge is 0.454 e. The second-order valence-corrected chi connectivity index (χ2v) is 7.51. The number of hydrogen-bond acceptors (Lipinski definition) is 7. The zero-order chi connectivity index (χ0) is 19.7. The van der Waals surface area contributed by atoms with Gasteiger partial charge in [0.15, 0.2) is 5.76 Å².